The molecule has 86 valence electrons. The summed E-state index contributed by atoms with van der Waals surface area (Å²) in [7, 11) is 0. The molecule has 0 saturated heterocycles. The molecule has 0 spiro atoms. The van der Waals surface area contributed by atoms with E-state index in [2.05, 4.69) is 12.2 Å². The molecule has 1 unspecified atom stereocenters. The average molecular weight is 211 g/mol. The largest absolute Gasteiger partial charge is 0.478 e. The number of carbonyl (C=O) groups is 1. The monoisotopic (exact) mass is 211 g/mol. The second-order valence-electron chi connectivity index (χ2n) is 4.54. The molecule has 3 nitrogen and oxygen atoms in total. The van der Waals surface area contributed by atoms with E-state index in [-0.39, 0.29) is 0 Å². The van der Waals surface area contributed by atoms with Crippen molar-refractivity contribution in [3.8, 4) is 0 Å². The molecular formula is C12H21NO2. The van der Waals surface area contributed by atoms with E-state index in [1.165, 1.54) is 31.8 Å². The van der Waals surface area contributed by atoms with Crippen molar-refractivity contribution in [3.05, 3.63) is 11.6 Å². The quantitative estimate of drug-likeness (QED) is 0.685. The predicted molar refractivity (Wildman–Crippen MR) is 60.8 cm³/mol. The third kappa shape index (κ3) is 4.47. The van der Waals surface area contributed by atoms with Crippen molar-refractivity contribution in [2.24, 2.45) is 5.92 Å². The number of rotatable bonds is 5. The van der Waals surface area contributed by atoms with E-state index >= 15 is 0 Å². The summed E-state index contributed by atoms with van der Waals surface area (Å²) in [5.41, 5.74) is 0.882. The third-order valence-corrected chi connectivity index (χ3v) is 3.18. The summed E-state index contributed by atoms with van der Waals surface area (Å²) in [5, 5.41) is 12.0. The van der Waals surface area contributed by atoms with E-state index < -0.39 is 5.97 Å². The molecule has 1 rings (SSSR count). The summed E-state index contributed by atoms with van der Waals surface area (Å²) < 4.78 is 0. The van der Waals surface area contributed by atoms with Crippen LogP contribution in [0.4, 0.5) is 0 Å². The first kappa shape index (κ1) is 12.2. The van der Waals surface area contributed by atoms with Crippen LogP contribution in [0.25, 0.3) is 0 Å². The zero-order valence-electron chi connectivity index (χ0n) is 9.62. The Balaban J connectivity index is 2.26. The van der Waals surface area contributed by atoms with Crippen LogP contribution >= 0.6 is 0 Å². The van der Waals surface area contributed by atoms with Gasteiger partial charge in [-0.3, -0.25) is 0 Å². The molecule has 0 radical (unpaired) electrons. The van der Waals surface area contributed by atoms with Crippen LogP contribution in [0, 0.1) is 5.92 Å². The van der Waals surface area contributed by atoms with Gasteiger partial charge in [0.25, 0.3) is 0 Å². The fraction of sp³-hybridized carbons (Fsp3) is 0.750. The van der Waals surface area contributed by atoms with Crippen LogP contribution in [-0.2, 0) is 4.79 Å². The molecule has 1 atom stereocenters. The zero-order valence-corrected chi connectivity index (χ0v) is 9.62. The maximum absolute atomic E-state index is 10.4. The van der Waals surface area contributed by atoms with E-state index in [4.69, 9.17) is 5.11 Å². The van der Waals surface area contributed by atoms with E-state index in [1.54, 1.807) is 0 Å². The van der Waals surface area contributed by atoms with Gasteiger partial charge in [0, 0.05) is 18.7 Å². The van der Waals surface area contributed by atoms with Crippen molar-refractivity contribution in [1.29, 1.82) is 0 Å². The molecule has 1 aliphatic carbocycles. The van der Waals surface area contributed by atoms with Gasteiger partial charge in [0.2, 0.25) is 0 Å². The van der Waals surface area contributed by atoms with Crippen LogP contribution in [0.5, 0.6) is 0 Å². The maximum atomic E-state index is 10.4. The van der Waals surface area contributed by atoms with Gasteiger partial charge in [-0.1, -0.05) is 18.4 Å². The summed E-state index contributed by atoms with van der Waals surface area (Å²) in [6.07, 6.45) is 6.60. The molecule has 0 aromatic heterocycles. The lowest BCUT2D eigenvalue weighted by atomic mass is 10.00. The van der Waals surface area contributed by atoms with Gasteiger partial charge in [0.05, 0.1) is 0 Å². The molecule has 2 N–H and O–H groups in total. The molecule has 0 aromatic carbocycles. The van der Waals surface area contributed by atoms with Crippen molar-refractivity contribution < 1.29 is 9.90 Å². The summed E-state index contributed by atoms with van der Waals surface area (Å²) >= 11 is 0. The highest BCUT2D eigenvalue weighted by Crippen LogP contribution is 2.27. The summed E-state index contributed by atoms with van der Waals surface area (Å²) in [5.74, 6) is -0.0783. The lowest BCUT2D eigenvalue weighted by molar-refractivity contribution is -0.131. The van der Waals surface area contributed by atoms with Gasteiger partial charge < -0.3 is 10.4 Å². The van der Waals surface area contributed by atoms with Gasteiger partial charge in [-0.05, 0) is 32.6 Å². The van der Waals surface area contributed by atoms with Crippen LogP contribution in [0.2, 0.25) is 0 Å². The molecule has 0 amide bonds. The molecule has 3 heteroatoms. The standard InChI is InChI=1S/C12H21NO2/c1-9(7-12(14)15)8-13-10(2)11-5-3-4-6-11/h7,10-11,13H,3-6,8H2,1-2H3,(H,14,15). The van der Waals surface area contributed by atoms with Gasteiger partial charge in [0.15, 0.2) is 0 Å². The highest BCUT2D eigenvalue weighted by atomic mass is 16.4. The Morgan fingerprint density at radius 3 is 2.67 bits per heavy atom. The van der Waals surface area contributed by atoms with Crippen molar-refractivity contribution in [2.45, 2.75) is 45.6 Å². The van der Waals surface area contributed by atoms with Crippen molar-refractivity contribution in [3.63, 3.8) is 0 Å². The molecule has 0 heterocycles. The Labute approximate surface area is 91.6 Å². The number of aliphatic carboxylic acids is 1. The first-order chi connectivity index (χ1) is 7.09. The lowest BCUT2D eigenvalue weighted by Gasteiger charge is -2.20. The summed E-state index contributed by atoms with van der Waals surface area (Å²) in [6.45, 7) is 4.73. The van der Waals surface area contributed by atoms with E-state index in [0.717, 1.165) is 11.5 Å². The second-order valence-corrected chi connectivity index (χ2v) is 4.54. The first-order valence-electron chi connectivity index (χ1n) is 5.73. The van der Waals surface area contributed by atoms with Gasteiger partial charge in [-0.25, -0.2) is 4.79 Å². The number of nitrogens with one attached hydrogen (secondary N) is 1. The van der Waals surface area contributed by atoms with Gasteiger partial charge in [0.1, 0.15) is 0 Å². The Bertz CT molecular complexity index is 242. The average Bonchev–Trinajstić information content (AvgIpc) is 2.65. The first-order valence-corrected chi connectivity index (χ1v) is 5.73. The van der Waals surface area contributed by atoms with Crippen LogP contribution in [0.3, 0.4) is 0 Å². The van der Waals surface area contributed by atoms with Crippen LogP contribution in [0.15, 0.2) is 11.6 Å². The maximum Gasteiger partial charge on any atom is 0.328 e. The van der Waals surface area contributed by atoms with E-state index in [0.29, 0.717) is 12.6 Å². The fourth-order valence-electron chi connectivity index (χ4n) is 2.21. The number of hydrogen-bond acceptors (Lipinski definition) is 2. The zero-order chi connectivity index (χ0) is 11.3. The molecular weight excluding hydrogens is 190 g/mol. The molecule has 15 heavy (non-hydrogen) atoms. The van der Waals surface area contributed by atoms with Crippen LogP contribution in [0.1, 0.15) is 39.5 Å². The van der Waals surface area contributed by atoms with Crippen LogP contribution in [-0.4, -0.2) is 23.7 Å². The minimum absolute atomic E-state index is 0.504. The minimum Gasteiger partial charge on any atom is -0.478 e. The number of carboxylic acids is 1. The Morgan fingerprint density at radius 2 is 2.13 bits per heavy atom. The lowest BCUT2D eigenvalue weighted by Crippen LogP contribution is -2.33. The molecule has 0 aromatic rings. The van der Waals surface area contributed by atoms with Gasteiger partial charge in [-0.2, -0.15) is 0 Å². The normalized spacial score (nSPS) is 20.5. The van der Waals surface area contributed by atoms with E-state index in [1.807, 2.05) is 6.92 Å². The minimum atomic E-state index is -0.859. The number of carboxylic acid groups (broad SMARTS) is 1. The third-order valence-electron chi connectivity index (χ3n) is 3.18. The van der Waals surface area contributed by atoms with Crippen molar-refractivity contribution in [2.75, 3.05) is 6.54 Å². The predicted octanol–water partition coefficient (Wildman–Crippen LogP) is 2.19. The smallest absolute Gasteiger partial charge is 0.328 e. The fourth-order valence-corrected chi connectivity index (χ4v) is 2.21. The van der Waals surface area contributed by atoms with Crippen molar-refractivity contribution in [1.82, 2.24) is 5.32 Å². The highest BCUT2D eigenvalue weighted by Gasteiger charge is 2.20. The molecule has 0 aliphatic heterocycles. The molecule has 1 fully saturated rings. The Hall–Kier alpha value is -0.830. The summed E-state index contributed by atoms with van der Waals surface area (Å²) in [4.78, 5) is 10.4. The molecule has 1 saturated carbocycles. The second kappa shape index (κ2) is 5.91. The topological polar surface area (TPSA) is 49.3 Å². The number of hydrogen-bond donors (Lipinski definition) is 2. The van der Waals surface area contributed by atoms with E-state index in [9.17, 15) is 4.79 Å². The molecule has 1 aliphatic rings. The Kier molecular flexibility index (Phi) is 4.82. The van der Waals surface area contributed by atoms with Gasteiger partial charge >= 0.3 is 5.97 Å². The Morgan fingerprint density at radius 1 is 1.53 bits per heavy atom. The molecule has 0 bridgehead atoms. The SMILES string of the molecule is CC(=CC(=O)O)CNC(C)C1CCCC1. The van der Waals surface area contributed by atoms with Crippen LogP contribution < -0.4 is 5.32 Å². The highest BCUT2D eigenvalue weighted by molar-refractivity contribution is 5.80. The van der Waals surface area contributed by atoms with Gasteiger partial charge in [-0.15, -0.1) is 0 Å². The van der Waals surface area contributed by atoms with Crippen molar-refractivity contribution >= 4 is 5.97 Å². The summed E-state index contributed by atoms with van der Waals surface area (Å²) in [6, 6.07) is 0.504.